The fraction of sp³-hybridized carbons (Fsp3) is 0.714. The average molecular weight is 353 g/mol. The van der Waals surface area contributed by atoms with Crippen LogP contribution in [0.1, 0.15) is 84.1 Å². The Morgan fingerprint density at radius 2 is 1.17 bits per heavy atom. The van der Waals surface area contributed by atoms with Gasteiger partial charge in [0.1, 0.15) is 0 Å². The number of sulfone groups is 1. The van der Waals surface area contributed by atoms with Crippen LogP contribution in [0.2, 0.25) is 0 Å². The van der Waals surface area contributed by atoms with Gasteiger partial charge in [-0.2, -0.15) is 0 Å². The predicted octanol–water partition coefficient (Wildman–Crippen LogP) is 5.95. The molecule has 0 heterocycles. The monoisotopic (exact) mass is 352 g/mol. The van der Waals surface area contributed by atoms with Crippen LogP contribution < -0.4 is 0 Å². The Balaban J connectivity index is 1.91. The van der Waals surface area contributed by atoms with Gasteiger partial charge in [-0.15, -0.1) is 0 Å². The summed E-state index contributed by atoms with van der Waals surface area (Å²) in [5.41, 5.74) is 1.45. The van der Waals surface area contributed by atoms with E-state index in [2.05, 4.69) is 30.3 Å². The van der Waals surface area contributed by atoms with Crippen molar-refractivity contribution >= 4 is 9.84 Å². The van der Waals surface area contributed by atoms with Gasteiger partial charge < -0.3 is 0 Å². The molecule has 0 unspecified atom stereocenters. The Kier molecular flexibility index (Phi) is 9.65. The summed E-state index contributed by atoms with van der Waals surface area (Å²) in [4.78, 5) is 0. The van der Waals surface area contributed by atoms with Crippen molar-refractivity contribution in [3.63, 3.8) is 0 Å². The molecule has 0 saturated carbocycles. The minimum atomic E-state index is -2.93. The minimum absolute atomic E-state index is 0.343. The lowest BCUT2D eigenvalue weighted by Gasteiger charge is -2.18. The molecule has 0 N–H and O–H groups in total. The molecular weight excluding hydrogens is 316 g/mol. The third-order valence-corrected chi connectivity index (χ3v) is 7.35. The molecule has 0 aliphatic carbocycles. The molecule has 0 aliphatic rings. The van der Waals surface area contributed by atoms with Gasteiger partial charge in [0.2, 0.25) is 0 Å². The predicted molar refractivity (Wildman–Crippen MR) is 105 cm³/mol. The minimum Gasteiger partial charge on any atom is -0.228 e. The van der Waals surface area contributed by atoms with Gasteiger partial charge in [0, 0.05) is 0 Å². The molecule has 0 bridgehead atoms. The average Bonchev–Trinajstić information content (AvgIpc) is 2.52. The SMILES string of the molecule is CC(C)(C)S(=O)(=O)CCCCCCCCCCCc1ccccc1. The van der Waals surface area contributed by atoms with E-state index >= 15 is 0 Å². The molecule has 0 fully saturated rings. The second-order valence-corrected chi connectivity index (χ2v) is 10.7. The van der Waals surface area contributed by atoms with Crippen molar-refractivity contribution in [2.45, 2.75) is 89.7 Å². The number of aryl methyl sites for hydroxylation is 1. The first-order valence-corrected chi connectivity index (χ1v) is 11.2. The Bertz CT molecular complexity index is 527. The highest BCUT2D eigenvalue weighted by atomic mass is 32.2. The molecule has 2 nitrogen and oxygen atoms in total. The molecule has 0 spiro atoms. The van der Waals surface area contributed by atoms with Crippen molar-refractivity contribution in [2.24, 2.45) is 0 Å². The highest BCUT2D eigenvalue weighted by Gasteiger charge is 2.27. The molecular formula is C21H36O2S. The first-order valence-electron chi connectivity index (χ1n) is 9.59. The first kappa shape index (κ1) is 21.2. The van der Waals surface area contributed by atoms with Crippen molar-refractivity contribution in [1.82, 2.24) is 0 Å². The molecule has 1 aromatic carbocycles. The molecule has 0 aliphatic heterocycles. The van der Waals surface area contributed by atoms with E-state index in [1.165, 1.54) is 56.9 Å². The van der Waals surface area contributed by atoms with Crippen LogP contribution in [0, 0.1) is 0 Å². The van der Waals surface area contributed by atoms with E-state index < -0.39 is 14.6 Å². The molecule has 138 valence electrons. The van der Waals surface area contributed by atoms with Gasteiger partial charge in [-0.05, 0) is 45.6 Å². The fourth-order valence-corrected chi connectivity index (χ4v) is 4.01. The van der Waals surface area contributed by atoms with Crippen LogP contribution in [0.5, 0.6) is 0 Å². The Morgan fingerprint density at radius 3 is 1.67 bits per heavy atom. The van der Waals surface area contributed by atoms with Crippen molar-refractivity contribution in [3.05, 3.63) is 35.9 Å². The summed E-state index contributed by atoms with van der Waals surface area (Å²) in [7, 11) is -2.93. The normalized spacial score (nSPS) is 12.5. The topological polar surface area (TPSA) is 34.1 Å². The van der Waals surface area contributed by atoms with E-state index in [9.17, 15) is 8.42 Å². The molecule has 1 aromatic rings. The number of hydrogen-bond acceptors (Lipinski definition) is 2. The van der Waals surface area contributed by atoms with E-state index in [1.807, 2.05) is 0 Å². The number of rotatable bonds is 12. The summed E-state index contributed by atoms with van der Waals surface area (Å²) in [5.74, 6) is 0.343. The van der Waals surface area contributed by atoms with Gasteiger partial charge in [0.05, 0.1) is 10.5 Å². The van der Waals surface area contributed by atoms with Gasteiger partial charge in [-0.1, -0.05) is 75.3 Å². The maximum absolute atomic E-state index is 12.0. The number of benzene rings is 1. The summed E-state index contributed by atoms with van der Waals surface area (Å²) in [6.07, 6.45) is 12.0. The summed E-state index contributed by atoms with van der Waals surface area (Å²) < 4.78 is 23.4. The van der Waals surface area contributed by atoms with E-state index in [0.29, 0.717) is 5.75 Å². The quantitative estimate of drug-likeness (QED) is 0.435. The third kappa shape index (κ3) is 8.86. The Hall–Kier alpha value is -0.830. The highest BCUT2D eigenvalue weighted by Crippen LogP contribution is 2.18. The van der Waals surface area contributed by atoms with Crippen LogP contribution >= 0.6 is 0 Å². The largest absolute Gasteiger partial charge is 0.228 e. The molecule has 0 aromatic heterocycles. The molecule has 24 heavy (non-hydrogen) atoms. The summed E-state index contributed by atoms with van der Waals surface area (Å²) in [6.45, 7) is 5.38. The molecule has 0 radical (unpaired) electrons. The summed E-state index contributed by atoms with van der Waals surface area (Å²) in [6, 6.07) is 10.7. The summed E-state index contributed by atoms with van der Waals surface area (Å²) in [5, 5.41) is 0. The van der Waals surface area contributed by atoms with Crippen molar-refractivity contribution < 1.29 is 8.42 Å². The van der Waals surface area contributed by atoms with Crippen LogP contribution in [-0.2, 0) is 16.3 Å². The first-order chi connectivity index (χ1) is 11.3. The molecule has 0 saturated heterocycles. The molecule has 0 atom stereocenters. The standard InChI is InChI=1S/C21H36O2S/c1-21(2,3)24(22,23)19-15-10-8-6-4-5-7-9-12-16-20-17-13-11-14-18-20/h11,13-14,17-18H,4-10,12,15-16,19H2,1-3H3. The molecule has 1 rings (SSSR count). The van der Waals surface area contributed by atoms with Crippen molar-refractivity contribution in [2.75, 3.05) is 5.75 Å². The van der Waals surface area contributed by atoms with E-state index in [0.717, 1.165) is 12.8 Å². The zero-order valence-electron chi connectivity index (χ0n) is 15.9. The maximum atomic E-state index is 12.0. The molecule has 3 heteroatoms. The zero-order valence-corrected chi connectivity index (χ0v) is 16.7. The lowest BCUT2D eigenvalue weighted by atomic mass is 10.0. The zero-order chi connectivity index (χ0) is 17.9. The fourth-order valence-electron chi connectivity index (χ4n) is 2.81. The van der Waals surface area contributed by atoms with Gasteiger partial charge >= 0.3 is 0 Å². The smallest absolute Gasteiger partial charge is 0.155 e. The van der Waals surface area contributed by atoms with Crippen LogP contribution in [0.4, 0.5) is 0 Å². The lowest BCUT2D eigenvalue weighted by molar-refractivity contribution is 0.546. The Labute approximate surface area is 150 Å². The van der Waals surface area contributed by atoms with E-state index in [1.54, 1.807) is 20.8 Å². The van der Waals surface area contributed by atoms with Gasteiger partial charge in [0.25, 0.3) is 0 Å². The van der Waals surface area contributed by atoms with E-state index in [4.69, 9.17) is 0 Å². The second kappa shape index (κ2) is 10.9. The van der Waals surface area contributed by atoms with Gasteiger partial charge in [-0.3, -0.25) is 0 Å². The highest BCUT2D eigenvalue weighted by molar-refractivity contribution is 7.92. The van der Waals surface area contributed by atoms with Crippen LogP contribution in [-0.4, -0.2) is 18.9 Å². The van der Waals surface area contributed by atoms with Crippen LogP contribution in [0.15, 0.2) is 30.3 Å². The maximum Gasteiger partial charge on any atom is 0.155 e. The lowest BCUT2D eigenvalue weighted by Crippen LogP contribution is -2.30. The van der Waals surface area contributed by atoms with Crippen LogP contribution in [0.25, 0.3) is 0 Å². The van der Waals surface area contributed by atoms with Crippen molar-refractivity contribution in [3.8, 4) is 0 Å². The number of hydrogen-bond donors (Lipinski definition) is 0. The number of unbranched alkanes of at least 4 members (excludes halogenated alkanes) is 8. The van der Waals surface area contributed by atoms with Crippen molar-refractivity contribution in [1.29, 1.82) is 0 Å². The van der Waals surface area contributed by atoms with Crippen LogP contribution in [0.3, 0.4) is 0 Å². The second-order valence-electron chi connectivity index (χ2n) is 7.85. The van der Waals surface area contributed by atoms with Gasteiger partial charge in [0.15, 0.2) is 9.84 Å². The Morgan fingerprint density at radius 1 is 0.708 bits per heavy atom. The summed E-state index contributed by atoms with van der Waals surface area (Å²) >= 11 is 0. The van der Waals surface area contributed by atoms with Gasteiger partial charge in [-0.25, -0.2) is 8.42 Å². The van der Waals surface area contributed by atoms with E-state index in [-0.39, 0.29) is 0 Å². The molecule has 0 amide bonds. The third-order valence-electron chi connectivity index (χ3n) is 4.65.